The fourth-order valence-corrected chi connectivity index (χ4v) is 1.23. The van der Waals surface area contributed by atoms with Gasteiger partial charge in [0.25, 0.3) is 5.69 Å². The van der Waals surface area contributed by atoms with Crippen LogP contribution >= 0.6 is 0 Å². The first-order valence-corrected chi connectivity index (χ1v) is 5.03. The first-order valence-electron chi connectivity index (χ1n) is 5.03. The molecule has 0 fully saturated rings. The molecule has 0 aliphatic carbocycles. The lowest BCUT2D eigenvalue weighted by atomic mass is 10.1. The lowest BCUT2D eigenvalue weighted by Crippen LogP contribution is -1.98. The van der Waals surface area contributed by atoms with Crippen molar-refractivity contribution in [1.29, 1.82) is 0 Å². The van der Waals surface area contributed by atoms with Crippen LogP contribution in [0.2, 0.25) is 0 Å². The van der Waals surface area contributed by atoms with Gasteiger partial charge in [0.15, 0.2) is 0 Å². The largest absolute Gasteiger partial charge is 0.496 e. The molecule has 0 unspecified atom stereocenters. The van der Waals surface area contributed by atoms with Crippen LogP contribution < -0.4 is 4.74 Å². The summed E-state index contributed by atoms with van der Waals surface area (Å²) in [6.45, 7) is 5.35. The molecule has 1 aromatic carbocycles. The van der Waals surface area contributed by atoms with Crippen LogP contribution in [0.3, 0.4) is 0 Å². The Kier molecular flexibility index (Phi) is 6.10. The van der Waals surface area contributed by atoms with Crippen LogP contribution in [0, 0.1) is 17.0 Å². The van der Waals surface area contributed by atoms with Gasteiger partial charge in [0.1, 0.15) is 5.75 Å². The van der Waals surface area contributed by atoms with Gasteiger partial charge in [-0.2, -0.15) is 0 Å². The van der Waals surface area contributed by atoms with Gasteiger partial charge in [-0.1, -0.05) is 13.8 Å². The second kappa shape index (κ2) is 6.79. The van der Waals surface area contributed by atoms with Crippen molar-refractivity contribution in [3.63, 3.8) is 0 Å². The predicted molar refractivity (Wildman–Crippen MR) is 61.7 cm³/mol. The van der Waals surface area contributed by atoms with Crippen LogP contribution in [0.1, 0.15) is 25.0 Å². The Bertz CT molecular complexity index is 363. The molecule has 1 aromatic rings. The summed E-state index contributed by atoms with van der Waals surface area (Å²) >= 11 is 0. The second-order valence-electron chi connectivity index (χ2n) is 2.87. The summed E-state index contributed by atoms with van der Waals surface area (Å²) in [4.78, 5) is 10.1. The summed E-state index contributed by atoms with van der Waals surface area (Å²) < 4.78 is 4.99. The molecule has 0 atom stereocenters. The first kappa shape index (κ1) is 14.4. The molecule has 0 aliphatic rings. The molecule has 0 heterocycles. The number of aliphatic hydroxyl groups is 1. The minimum Gasteiger partial charge on any atom is -0.496 e. The average molecular weight is 227 g/mol. The van der Waals surface area contributed by atoms with Crippen LogP contribution in [0.5, 0.6) is 5.75 Å². The molecule has 90 valence electrons. The molecule has 0 saturated heterocycles. The predicted octanol–water partition coefficient (Wildman–Crippen LogP) is 2.43. The molecule has 0 bridgehead atoms. The Morgan fingerprint density at radius 3 is 2.38 bits per heavy atom. The highest BCUT2D eigenvalue weighted by Crippen LogP contribution is 2.27. The van der Waals surface area contributed by atoms with Gasteiger partial charge < -0.3 is 9.84 Å². The molecule has 0 aromatic heterocycles. The van der Waals surface area contributed by atoms with Crippen LogP contribution in [0.25, 0.3) is 0 Å². The zero-order chi connectivity index (χ0) is 12.7. The van der Waals surface area contributed by atoms with Crippen LogP contribution in [0.15, 0.2) is 12.1 Å². The Morgan fingerprint density at radius 1 is 1.44 bits per heavy atom. The fraction of sp³-hybridized carbons (Fsp3) is 0.455. The normalized spacial score (nSPS) is 9.06. The molecule has 0 aliphatic heterocycles. The van der Waals surface area contributed by atoms with Crippen molar-refractivity contribution in [3.05, 3.63) is 33.4 Å². The number of nitrogens with zero attached hydrogens (tertiary/aromatic N) is 1. The van der Waals surface area contributed by atoms with Gasteiger partial charge in [-0.15, -0.1) is 0 Å². The zero-order valence-electron chi connectivity index (χ0n) is 9.98. The number of rotatable bonds is 3. The SMILES string of the molecule is CC.COc1cc(CO)c([N+](=O)[O-])cc1C. The van der Waals surface area contributed by atoms with Gasteiger partial charge in [0.2, 0.25) is 0 Å². The number of nitro benzene ring substituents is 1. The molecular weight excluding hydrogens is 210 g/mol. The topological polar surface area (TPSA) is 72.6 Å². The molecule has 0 amide bonds. The van der Waals surface area contributed by atoms with E-state index >= 15 is 0 Å². The van der Waals surface area contributed by atoms with E-state index in [1.807, 2.05) is 13.8 Å². The summed E-state index contributed by atoms with van der Waals surface area (Å²) in [5.74, 6) is 0.541. The summed E-state index contributed by atoms with van der Waals surface area (Å²) in [6.07, 6.45) is 0. The summed E-state index contributed by atoms with van der Waals surface area (Å²) in [5, 5.41) is 19.5. The van der Waals surface area contributed by atoms with Crippen molar-refractivity contribution in [2.24, 2.45) is 0 Å². The molecule has 16 heavy (non-hydrogen) atoms. The summed E-state index contributed by atoms with van der Waals surface area (Å²) in [5.41, 5.74) is 0.861. The number of methoxy groups -OCH3 is 1. The quantitative estimate of drug-likeness (QED) is 0.635. The molecule has 1 N–H and O–H groups in total. The number of aliphatic hydroxyl groups excluding tert-OH is 1. The highest BCUT2D eigenvalue weighted by molar-refractivity contribution is 5.49. The zero-order valence-corrected chi connectivity index (χ0v) is 9.98. The third kappa shape index (κ3) is 3.20. The number of hydrogen-bond donors (Lipinski definition) is 1. The lowest BCUT2D eigenvalue weighted by molar-refractivity contribution is -0.385. The number of hydrogen-bond acceptors (Lipinski definition) is 4. The van der Waals surface area contributed by atoms with Gasteiger partial charge >= 0.3 is 0 Å². The van der Waals surface area contributed by atoms with Gasteiger partial charge in [-0.25, -0.2) is 0 Å². The second-order valence-corrected chi connectivity index (χ2v) is 2.87. The van der Waals surface area contributed by atoms with E-state index in [1.54, 1.807) is 6.92 Å². The molecular formula is C11H17NO4. The van der Waals surface area contributed by atoms with Crippen molar-refractivity contribution >= 4 is 5.69 Å². The maximum atomic E-state index is 10.6. The van der Waals surface area contributed by atoms with Gasteiger partial charge in [0.05, 0.1) is 24.2 Å². The van der Waals surface area contributed by atoms with E-state index < -0.39 is 4.92 Å². The third-order valence-electron chi connectivity index (χ3n) is 1.96. The first-order chi connectivity index (χ1) is 7.60. The summed E-state index contributed by atoms with van der Waals surface area (Å²) in [7, 11) is 1.48. The van der Waals surface area contributed by atoms with Crippen LogP contribution in [0.4, 0.5) is 5.69 Å². The van der Waals surface area contributed by atoms with Crippen LogP contribution in [-0.2, 0) is 6.61 Å². The standard InChI is InChI=1S/C9H11NO4.C2H6/c1-6-3-8(10(12)13)7(5-11)4-9(6)14-2;1-2/h3-4,11H,5H2,1-2H3;1-2H3. The van der Waals surface area contributed by atoms with Crippen LogP contribution in [-0.4, -0.2) is 17.1 Å². The number of aryl methyl sites for hydroxylation is 1. The number of ether oxygens (including phenoxy) is 1. The average Bonchev–Trinajstić information content (AvgIpc) is 2.31. The minimum atomic E-state index is -0.516. The highest BCUT2D eigenvalue weighted by Gasteiger charge is 2.15. The van der Waals surface area contributed by atoms with Crippen molar-refractivity contribution in [3.8, 4) is 5.75 Å². The Hall–Kier alpha value is -1.62. The fourth-order valence-electron chi connectivity index (χ4n) is 1.23. The van der Waals surface area contributed by atoms with Gasteiger partial charge in [0, 0.05) is 6.07 Å². The van der Waals surface area contributed by atoms with E-state index in [4.69, 9.17) is 9.84 Å². The lowest BCUT2D eigenvalue weighted by Gasteiger charge is -2.06. The molecule has 0 radical (unpaired) electrons. The van der Waals surface area contributed by atoms with E-state index in [-0.39, 0.29) is 17.9 Å². The Morgan fingerprint density at radius 2 is 2.00 bits per heavy atom. The van der Waals surface area contributed by atoms with E-state index in [9.17, 15) is 10.1 Å². The minimum absolute atomic E-state index is 0.0780. The van der Waals surface area contributed by atoms with Crippen molar-refractivity contribution < 1.29 is 14.8 Å². The smallest absolute Gasteiger partial charge is 0.275 e. The highest BCUT2D eigenvalue weighted by atomic mass is 16.6. The van der Waals surface area contributed by atoms with Gasteiger partial charge in [-0.3, -0.25) is 10.1 Å². The van der Waals surface area contributed by atoms with Crippen molar-refractivity contribution in [2.75, 3.05) is 7.11 Å². The van der Waals surface area contributed by atoms with Gasteiger partial charge in [-0.05, 0) is 18.6 Å². The van der Waals surface area contributed by atoms with E-state index in [2.05, 4.69) is 0 Å². The van der Waals surface area contributed by atoms with Crippen molar-refractivity contribution in [1.82, 2.24) is 0 Å². The van der Waals surface area contributed by atoms with E-state index in [1.165, 1.54) is 19.2 Å². The maximum Gasteiger partial charge on any atom is 0.275 e. The van der Waals surface area contributed by atoms with E-state index in [0.717, 1.165) is 0 Å². The monoisotopic (exact) mass is 227 g/mol. The number of nitro groups is 1. The molecule has 0 saturated carbocycles. The molecule has 0 spiro atoms. The third-order valence-corrected chi connectivity index (χ3v) is 1.96. The van der Waals surface area contributed by atoms with E-state index in [0.29, 0.717) is 11.3 Å². The molecule has 5 nitrogen and oxygen atoms in total. The molecule has 1 rings (SSSR count). The van der Waals surface area contributed by atoms with Crippen molar-refractivity contribution in [2.45, 2.75) is 27.4 Å². The molecule has 5 heteroatoms. The Labute approximate surface area is 94.8 Å². The maximum absolute atomic E-state index is 10.6. The number of benzene rings is 1. The Balaban J connectivity index is 0.00000106. The summed E-state index contributed by atoms with van der Waals surface area (Å²) in [6, 6.07) is 2.87.